The van der Waals surface area contributed by atoms with E-state index in [4.69, 9.17) is 0 Å². The molecule has 0 unspecified atom stereocenters. The van der Waals surface area contributed by atoms with E-state index in [1.54, 1.807) is 37.9 Å². The van der Waals surface area contributed by atoms with Crippen LogP contribution in [0.3, 0.4) is 0 Å². The molecule has 0 saturated carbocycles. The third kappa shape index (κ3) is 4.56. The zero-order chi connectivity index (χ0) is 23.7. The highest BCUT2D eigenvalue weighted by molar-refractivity contribution is 7.89. The Labute approximate surface area is 190 Å². The van der Waals surface area contributed by atoms with Gasteiger partial charge in [0.15, 0.2) is 0 Å². The van der Waals surface area contributed by atoms with Gasteiger partial charge in [0.25, 0.3) is 0 Å². The quantitative estimate of drug-likeness (QED) is 0.660. The van der Waals surface area contributed by atoms with E-state index < -0.39 is 15.4 Å². The van der Waals surface area contributed by atoms with Gasteiger partial charge < -0.3 is 10.2 Å². The molecule has 1 aliphatic rings. The number of likely N-dealkylation sites (N-methyl/N-ethyl adjacent to an activating group) is 2. The fourth-order valence-corrected chi connectivity index (χ4v) is 5.20. The van der Waals surface area contributed by atoms with Crippen LogP contribution in [0, 0.1) is 0 Å². The van der Waals surface area contributed by atoms with Crippen molar-refractivity contribution in [3.8, 4) is 0 Å². The van der Waals surface area contributed by atoms with Crippen molar-refractivity contribution in [1.29, 1.82) is 0 Å². The van der Waals surface area contributed by atoms with Crippen LogP contribution < -0.4 is 10.2 Å². The monoisotopic (exact) mass is 457 g/mol. The number of sulfonamides is 1. The number of hydrogen-bond donors (Lipinski definition) is 1. The lowest BCUT2D eigenvalue weighted by Gasteiger charge is -2.21. The van der Waals surface area contributed by atoms with E-state index >= 15 is 0 Å². The predicted octanol–water partition coefficient (Wildman–Crippen LogP) is 2.70. The number of hydrogen-bond acceptors (Lipinski definition) is 4. The standard InChI is InChI=1S/C24H31N3O4S/c1-6-18(14-17-10-8-7-9-11-17)25-22(28)16-26(4)32(30,31)19-12-13-21-20(15-19)24(2,3)23(29)27(21)5/h7-13,15,18H,6,14,16H2,1-5H3,(H,25,28)/t18-/m0/s1. The number of carbonyl (C=O) groups excluding carboxylic acids is 2. The molecule has 2 aromatic carbocycles. The van der Waals surface area contributed by atoms with Crippen LogP contribution in [-0.4, -0.2) is 51.2 Å². The van der Waals surface area contributed by atoms with Gasteiger partial charge in [-0.3, -0.25) is 9.59 Å². The highest BCUT2D eigenvalue weighted by Crippen LogP contribution is 2.41. The summed E-state index contributed by atoms with van der Waals surface area (Å²) >= 11 is 0. The molecule has 2 aromatic rings. The SMILES string of the molecule is CC[C@@H](Cc1ccccc1)NC(=O)CN(C)S(=O)(=O)c1ccc2c(c1)C(C)(C)C(=O)N2C. The van der Waals surface area contributed by atoms with E-state index in [0.29, 0.717) is 17.7 Å². The molecular weight excluding hydrogens is 426 g/mol. The molecule has 0 aromatic heterocycles. The van der Waals surface area contributed by atoms with Crippen molar-refractivity contribution in [2.75, 3.05) is 25.5 Å². The average Bonchev–Trinajstić information content (AvgIpc) is 2.93. The van der Waals surface area contributed by atoms with Crippen LogP contribution in [0.1, 0.15) is 38.3 Å². The van der Waals surface area contributed by atoms with Gasteiger partial charge in [0, 0.05) is 25.8 Å². The largest absolute Gasteiger partial charge is 0.352 e. The molecule has 8 heteroatoms. The first-order valence-corrected chi connectivity index (χ1v) is 12.1. The summed E-state index contributed by atoms with van der Waals surface area (Å²) in [5.74, 6) is -0.436. The number of fused-ring (bicyclic) bond motifs is 1. The van der Waals surface area contributed by atoms with Crippen LogP contribution >= 0.6 is 0 Å². The second-order valence-corrected chi connectivity index (χ2v) is 10.8. The molecule has 0 bridgehead atoms. The maximum Gasteiger partial charge on any atom is 0.243 e. The summed E-state index contributed by atoms with van der Waals surface area (Å²) in [6, 6.07) is 14.4. The van der Waals surface area contributed by atoms with Crippen LogP contribution in [-0.2, 0) is 31.4 Å². The Hall–Kier alpha value is -2.71. The fraction of sp³-hybridized carbons (Fsp3) is 0.417. The fourth-order valence-electron chi connectivity index (χ4n) is 4.05. The van der Waals surface area contributed by atoms with Gasteiger partial charge in [0.2, 0.25) is 21.8 Å². The Morgan fingerprint density at radius 2 is 1.81 bits per heavy atom. The first-order valence-electron chi connectivity index (χ1n) is 10.7. The third-order valence-electron chi connectivity index (χ3n) is 6.10. The molecule has 0 spiro atoms. The minimum atomic E-state index is -3.90. The molecule has 0 saturated heterocycles. The molecule has 32 heavy (non-hydrogen) atoms. The van der Waals surface area contributed by atoms with Gasteiger partial charge >= 0.3 is 0 Å². The average molecular weight is 458 g/mol. The van der Waals surface area contributed by atoms with Crippen LogP contribution in [0.15, 0.2) is 53.4 Å². The molecule has 0 fully saturated rings. The predicted molar refractivity (Wildman–Crippen MR) is 125 cm³/mol. The Morgan fingerprint density at radius 1 is 1.16 bits per heavy atom. The molecule has 172 valence electrons. The maximum absolute atomic E-state index is 13.1. The van der Waals surface area contributed by atoms with Crippen molar-refractivity contribution in [3.05, 3.63) is 59.7 Å². The number of amides is 2. The normalized spacial score (nSPS) is 16.2. The third-order valence-corrected chi connectivity index (χ3v) is 7.90. The van der Waals surface area contributed by atoms with Gasteiger partial charge in [-0.15, -0.1) is 0 Å². The first-order chi connectivity index (χ1) is 15.0. The molecule has 1 atom stereocenters. The summed E-state index contributed by atoms with van der Waals surface area (Å²) in [6.45, 7) is 5.26. The van der Waals surface area contributed by atoms with Crippen molar-refractivity contribution in [3.63, 3.8) is 0 Å². The van der Waals surface area contributed by atoms with Crippen LogP contribution in [0.4, 0.5) is 5.69 Å². The van der Waals surface area contributed by atoms with Crippen molar-refractivity contribution >= 4 is 27.5 Å². The lowest BCUT2D eigenvalue weighted by Crippen LogP contribution is -2.43. The summed E-state index contributed by atoms with van der Waals surface area (Å²) < 4.78 is 27.3. The van der Waals surface area contributed by atoms with Gasteiger partial charge in [-0.25, -0.2) is 8.42 Å². The van der Waals surface area contributed by atoms with E-state index in [1.807, 2.05) is 37.3 Å². The summed E-state index contributed by atoms with van der Waals surface area (Å²) in [7, 11) is -0.827. The van der Waals surface area contributed by atoms with Crippen LogP contribution in [0.2, 0.25) is 0 Å². The lowest BCUT2D eigenvalue weighted by molar-refractivity contribution is -0.122. The number of nitrogens with zero attached hydrogens (tertiary/aromatic N) is 2. The van der Waals surface area contributed by atoms with Crippen molar-refractivity contribution in [2.24, 2.45) is 0 Å². The van der Waals surface area contributed by atoms with Crippen LogP contribution in [0.5, 0.6) is 0 Å². The van der Waals surface area contributed by atoms with Gasteiger partial charge in [-0.05, 0) is 56.0 Å². The maximum atomic E-state index is 13.1. The van der Waals surface area contributed by atoms with Gasteiger partial charge in [0.05, 0.1) is 16.9 Å². The topological polar surface area (TPSA) is 86.8 Å². The Balaban J connectivity index is 1.72. The lowest BCUT2D eigenvalue weighted by atomic mass is 9.86. The minimum absolute atomic E-state index is 0.0686. The van der Waals surface area contributed by atoms with Crippen molar-refractivity contribution in [2.45, 2.75) is 50.0 Å². The first kappa shape index (κ1) is 23.9. The van der Waals surface area contributed by atoms with Gasteiger partial charge in [0.1, 0.15) is 0 Å². The number of rotatable bonds is 8. The molecule has 1 heterocycles. The molecule has 3 rings (SSSR count). The second-order valence-electron chi connectivity index (χ2n) is 8.79. The van der Waals surface area contributed by atoms with E-state index in [1.165, 1.54) is 13.1 Å². The number of anilines is 1. The molecule has 1 N–H and O–H groups in total. The Bertz CT molecular complexity index is 1110. The van der Waals surface area contributed by atoms with E-state index in [-0.39, 0.29) is 29.3 Å². The Kier molecular flexibility index (Phi) is 6.76. The van der Waals surface area contributed by atoms with Gasteiger partial charge in [-0.2, -0.15) is 4.31 Å². The molecular formula is C24H31N3O4S. The summed E-state index contributed by atoms with van der Waals surface area (Å²) in [4.78, 5) is 26.7. The zero-order valence-electron chi connectivity index (χ0n) is 19.3. The molecule has 0 aliphatic carbocycles. The Morgan fingerprint density at radius 3 is 2.44 bits per heavy atom. The van der Waals surface area contributed by atoms with Crippen molar-refractivity contribution < 1.29 is 18.0 Å². The number of benzene rings is 2. The smallest absolute Gasteiger partial charge is 0.243 e. The summed E-state index contributed by atoms with van der Waals surface area (Å²) in [6.07, 6.45) is 1.42. The number of nitrogens with one attached hydrogen (secondary N) is 1. The minimum Gasteiger partial charge on any atom is -0.352 e. The zero-order valence-corrected chi connectivity index (χ0v) is 20.1. The van der Waals surface area contributed by atoms with Crippen LogP contribution in [0.25, 0.3) is 0 Å². The highest BCUT2D eigenvalue weighted by Gasteiger charge is 2.43. The molecule has 7 nitrogen and oxygen atoms in total. The second kappa shape index (κ2) is 9.03. The molecule has 0 radical (unpaired) electrons. The molecule has 1 aliphatic heterocycles. The summed E-state index contributed by atoms with van der Waals surface area (Å²) in [5, 5.41) is 2.94. The molecule has 2 amide bonds. The van der Waals surface area contributed by atoms with E-state index in [2.05, 4.69) is 5.32 Å². The summed E-state index contributed by atoms with van der Waals surface area (Å²) in [5.41, 5.74) is 1.67. The van der Waals surface area contributed by atoms with Gasteiger partial charge in [-0.1, -0.05) is 37.3 Å². The van der Waals surface area contributed by atoms with E-state index in [9.17, 15) is 18.0 Å². The van der Waals surface area contributed by atoms with Crippen molar-refractivity contribution in [1.82, 2.24) is 9.62 Å². The van der Waals surface area contributed by atoms with E-state index in [0.717, 1.165) is 16.3 Å². The number of carbonyl (C=O) groups is 2. The highest BCUT2D eigenvalue weighted by atomic mass is 32.2.